The quantitative estimate of drug-likeness (QED) is 0.603. The van der Waals surface area contributed by atoms with Crippen LogP contribution < -0.4 is 16.4 Å². The molecule has 0 radical (unpaired) electrons. The number of amides is 3. The third-order valence-electron chi connectivity index (χ3n) is 5.00. The third-order valence-corrected chi connectivity index (χ3v) is 5.00. The SMILES string of the molecule is CC(=O)N[C@@H](Cc1ccccc1F)C(=O)N[C@H](Cc1ccc(C(C)(C)C)cc1)C(N)=O. The van der Waals surface area contributed by atoms with Crippen molar-refractivity contribution in [2.45, 2.75) is 58.0 Å². The maximum Gasteiger partial charge on any atom is 0.243 e. The molecule has 0 saturated heterocycles. The molecule has 2 aromatic carbocycles. The van der Waals surface area contributed by atoms with Gasteiger partial charge >= 0.3 is 0 Å². The zero-order chi connectivity index (χ0) is 23.2. The van der Waals surface area contributed by atoms with Gasteiger partial charge in [0.15, 0.2) is 0 Å². The summed E-state index contributed by atoms with van der Waals surface area (Å²) in [6, 6.07) is 11.8. The van der Waals surface area contributed by atoms with Gasteiger partial charge in [-0.1, -0.05) is 63.2 Å². The molecule has 6 nitrogen and oxygen atoms in total. The molecule has 0 aliphatic heterocycles. The molecule has 3 amide bonds. The molecule has 0 aliphatic rings. The van der Waals surface area contributed by atoms with E-state index in [0.717, 1.165) is 11.1 Å². The predicted molar refractivity (Wildman–Crippen MR) is 118 cm³/mol. The molecular formula is C24H30FN3O3. The standard InChI is InChI=1S/C24H30FN3O3/c1-15(29)27-21(14-17-7-5-6-8-19(17)25)23(31)28-20(22(26)30)13-16-9-11-18(12-10-16)24(2,3)4/h5-12,20-21H,13-14H2,1-4H3,(H2,26,30)(H,27,29)(H,28,31)/t20-,21+/m1/s1. The van der Waals surface area contributed by atoms with Gasteiger partial charge in [-0.05, 0) is 28.2 Å². The molecule has 0 heterocycles. The van der Waals surface area contributed by atoms with E-state index in [1.165, 1.54) is 13.0 Å². The van der Waals surface area contributed by atoms with E-state index < -0.39 is 35.6 Å². The van der Waals surface area contributed by atoms with E-state index >= 15 is 0 Å². The number of primary amides is 1. The van der Waals surface area contributed by atoms with Gasteiger partial charge in [0.25, 0.3) is 0 Å². The number of halogens is 1. The van der Waals surface area contributed by atoms with E-state index in [4.69, 9.17) is 5.73 Å². The lowest BCUT2D eigenvalue weighted by Crippen LogP contribution is -2.54. The molecule has 0 aromatic heterocycles. The first kappa shape index (κ1) is 24.1. The number of hydrogen-bond donors (Lipinski definition) is 3. The second-order valence-corrected chi connectivity index (χ2v) is 8.66. The summed E-state index contributed by atoms with van der Waals surface area (Å²) in [6.07, 6.45) is 0.155. The molecule has 0 saturated carbocycles. The van der Waals surface area contributed by atoms with E-state index in [1.807, 2.05) is 24.3 Å². The lowest BCUT2D eigenvalue weighted by atomic mass is 9.86. The fraction of sp³-hybridized carbons (Fsp3) is 0.375. The lowest BCUT2D eigenvalue weighted by Gasteiger charge is -2.22. The average molecular weight is 428 g/mol. The van der Waals surface area contributed by atoms with Crippen LogP contribution >= 0.6 is 0 Å². The van der Waals surface area contributed by atoms with Crippen LogP contribution in [0.1, 0.15) is 44.4 Å². The van der Waals surface area contributed by atoms with Gasteiger partial charge < -0.3 is 16.4 Å². The van der Waals surface area contributed by atoms with Gasteiger partial charge in [-0.3, -0.25) is 14.4 Å². The number of carbonyl (C=O) groups is 3. The van der Waals surface area contributed by atoms with E-state index in [9.17, 15) is 18.8 Å². The van der Waals surface area contributed by atoms with Gasteiger partial charge in [0.2, 0.25) is 17.7 Å². The second kappa shape index (κ2) is 10.2. The molecule has 0 spiro atoms. The molecule has 0 unspecified atom stereocenters. The van der Waals surface area contributed by atoms with Gasteiger partial charge in [0.1, 0.15) is 17.9 Å². The maximum atomic E-state index is 14.0. The van der Waals surface area contributed by atoms with Crippen LogP contribution in [0.2, 0.25) is 0 Å². The van der Waals surface area contributed by atoms with Crippen LogP contribution in [-0.2, 0) is 32.6 Å². The summed E-state index contributed by atoms with van der Waals surface area (Å²) >= 11 is 0. The summed E-state index contributed by atoms with van der Waals surface area (Å²) in [7, 11) is 0. The van der Waals surface area contributed by atoms with Crippen LogP contribution in [-0.4, -0.2) is 29.8 Å². The van der Waals surface area contributed by atoms with Crippen LogP contribution in [0.4, 0.5) is 4.39 Å². The van der Waals surface area contributed by atoms with Crippen molar-refractivity contribution in [3.8, 4) is 0 Å². The first-order valence-corrected chi connectivity index (χ1v) is 10.2. The minimum absolute atomic E-state index is 0.00583. The van der Waals surface area contributed by atoms with Crippen molar-refractivity contribution in [1.82, 2.24) is 10.6 Å². The molecule has 2 rings (SSSR count). The summed E-state index contributed by atoms with van der Waals surface area (Å²) in [5.74, 6) is -2.21. The van der Waals surface area contributed by atoms with E-state index in [0.29, 0.717) is 0 Å². The van der Waals surface area contributed by atoms with Crippen molar-refractivity contribution < 1.29 is 18.8 Å². The van der Waals surface area contributed by atoms with Crippen molar-refractivity contribution in [3.63, 3.8) is 0 Å². The Morgan fingerprint density at radius 3 is 2.06 bits per heavy atom. The highest BCUT2D eigenvalue weighted by Gasteiger charge is 2.26. The Kier molecular flexibility index (Phi) is 7.91. The summed E-state index contributed by atoms with van der Waals surface area (Å²) < 4.78 is 14.0. The molecular weight excluding hydrogens is 397 g/mol. The predicted octanol–water partition coefficient (Wildman–Crippen LogP) is 2.38. The molecule has 2 aromatic rings. The van der Waals surface area contributed by atoms with Crippen LogP contribution in [0.5, 0.6) is 0 Å². The van der Waals surface area contributed by atoms with Crippen LogP contribution in [0.25, 0.3) is 0 Å². The Bertz CT molecular complexity index is 936. The molecule has 4 N–H and O–H groups in total. The summed E-state index contributed by atoms with van der Waals surface area (Å²) in [5, 5.41) is 5.12. The van der Waals surface area contributed by atoms with Crippen molar-refractivity contribution in [1.29, 1.82) is 0 Å². The molecule has 31 heavy (non-hydrogen) atoms. The van der Waals surface area contributed by atoms with Gasteiger partial charge in [-0.25, -0.2) is 4.39 Å². The minimum atomic E-state index is -1.04. The third kappa shape index (κ3) is 7.20. The highest BCUT2D eigenvalue weighted by molar-refractivity contribution is 5.91. The molecule has 0 fully saturated rings. The molecule has 2 atom stereocenters. The van der Waals surface area contributed by atoms with E-state index in [2.05, 4.69) is 31.4 Å². The summed E-state index contributed by atoms with van der Waals surface area (Å²) in [4.78, 5) is 36.4. The summed E-state index contributed by atoms with van der Waals surface area (Å²) in [5.41, 5.74) is 7.77. The Balaban J connectivity index is 2.15. The minimum Gasteiger partial charge on any atom is -0.368 e. The van der Waals surface area contributed by atoms with Crippen LogP contribution in [0.3, 0.4) is 0 Å². The van der Waals surface area contributed by atoms with Crippen molar-refractivity contribution in [2.75, 3.05) is 0 Å². The van der Waals surface area contributed by atoms with E-state index in [-0.39, 0.29) is 23.8 Å². The van der Waals surface area contributed by atoms with Crippen molar-refractivity contribution >= 4 is 17.7 Å². The van der Waals surface area contributed by atoms with Crippen molar-refractivity contribution in [3.05, 3.63) is 71.0 Å². The zero-order valence-electron chi connectivity index (χ0n) is 18.4. The number of nitrogens with two attached hydrogens (primary N) is 1. The highest BCUT2D eigenvalue weighted by atomic mass is 19.1. The normalized spacial score (nSPS) is 13.2. The van der Waals surface area contributed by atoms with Gasteiger partial charge in [-0.15, -0.1) is 0 Å². The average Bonchev–Trinajstić information content (AvgIpc) is 2.67. The van der Waals surface area contributed by atoms with Gasteiger partial charge in [0.05, 0.1) is 0 Å². The highest BCUT2D eigenvalue weighted by Crippen LogP contribution is 2.22. The topological polar surface area (TPSA) is 101 Å². The largest absolute Gasteiger partial charge is 0.368 e. The zero-order valence-corrected chi connectivity index (χ0v) is 18.4. The first-order chi connectivity index (χ1) is 14.5. The number of hydrogen-bond acceptors (Lipinski definition) is 3. The van der Waals surface area contributed by atoms with Crippen LogP contribution in [0.15, 0.2) is 48.5 Å². The smallest absolute Gasteiger partial charge is 0.243 e. The molecule has 7 heteroatoms. The Labute approximate surface area is 182 Å². The Morgan fingerprint density at radius 1 is 0.935 bits per heavy atom. The van der Waals surface area contributed by atoms with Crippen LogP contribution in [0, 0.1) is 5.82 Å². The Hall–Kier alpha value is -3.22. The summed E-state index contributed by atoms with van der Waals surface area (Å²) in [6.45, 7) is 7.58. The number of benzene rings is 2. The fourth-order valence-corrected chi connectivity index (χ4v) is 3.21. The van der Waals surface area contributed by atoms with Crippen molar-refractivity contribution in [2.24, 2.45) is 5.73 Å². The number of carbonyl (C=O) groups excluding carboxylic acids is 3. The van der Waals surface area contributed by atoms with Gasteiger partial charge in [0, 0.05) is 19.8 Å². The Morgan fingerprint density at radius 2 is 1.55 bits per heavy atom. The van der Waals surface area contributed by atoms with E-state index in [1.54, 1.807) is 18.2 Å². The molecule has 0 aliphatic carbocycles. The maximum absolute atomic E-state index is 14.0. The van der Waals surface area contributed by atoms with Gasteiger partial charge in [-0.2, -0.15) is 0 Å². The lowest BCUT2D eigenvalue weighted by molar-refractivity contribution is -0.130. The molecule has 166 valence electrons. The first-order valence-electron chi connectivity index (χ1n) is 10.2. The number of nitrogens with one attached hydrogen (secondary N) is 2. The monoisotopic (exact) mass is 427 g/mol. The molecule has 0 bridgehead atoms. The fourth-order valence-electron chi connectivity index (χ4n) is 3.21. The number of rotatable bonds is 8. The second-order valence-electron chi connectivity index (χ2n) is 8.66.